The predicted octanol–water partition coefficient (Wildman–Crippen LogP) is 5.95. The van der Waals surface area contributed by atoms with Crippen molar-refractivity contribution in [3.63, 3.8) is 0 Å². The lowest BCUT2D eigenvalue weighted by molar-refractivity contribution is -0.118. The lowest BCUT2D eigenvalue weighted by Gasteiger charge is -2.10. The molecule has 1 heterocycles. The molecule has 4 N–H and O–H groups in total. The largest absolute Gasteiger partial charge is 0.484 e. The number of carbonyl (C=O) groups is 1. The Kier molecular flexibility index (Phi) is 6.79. The fraction of sp³-hybridized carbons (Fsp3) is 0.0400. The van der Waals surface area contributed by atoms with Crippen molar-refractivity contribution in [2.45, 2.75) is 0 Å². The van der Waals surface area contributed by atoms with Crippen molar-refractivity contribution in [1.29, 1.82) is 5.41 Å². The molecule has 160 valence electrons. The molecule has 0 fully saturated rings. The molecule has 7 heteroatoms. The number of para-hydroxylation sites is 1. The molecule has 0 bridgehead atoms. The van der Waals surface area contributed by atoms with Gasteiger partial charge < -0.3 is 20.7 Å². The van der Waals surface area contributed by atoms with Crippen LogP contribution < -0.4 is 20.7 Å². The van der Waals surface area contributed by atoms with Crippen LogP contribution in [-0.4, -0.2) is 18.3 Å². The monoisotopic (exact) mass is 442 g/mol. The van der Waals surface area contributed by atoms with Gasteiger partial charge in [0.25, 0.3) is 5.91 Å². The maximum Gasteiger partial charge on any atom is 0.262 e. The fourth-order valence-electron chi connectivity index (χ4n) is 2.93. The van der Waals surface area contributed by atoms with Crippen LogP contribution in [0.3, 0.4) is 0 Å². The van der Waals surface area contributed by atoms with E-state index in [1.54, 1.807) is 12.1 Å². The van der Waals surface area contributed by atoms with Crippen molar-refractivity contribution in [2.24, 2.45) is 0 Å². The molecular weight excluding hydrogens is 420 g/mol. The van der Waals surface area contributed by atoms with Crippen LogP contribution in [0.15, 0.2) is 96.4 Å². The number of rotatable bonds is 8. The van der Waals surface area contributed by atoms with Crippen LogP contribution in [0.25, 0.3) is 0 Å². The van der Waals surface area contributed by atoms with Crippen LogP contribution >= 0.6 is 11.3 Å². The summed E-state index contributed by atoms with van der Waals surface area (Å²) in [6, 6.07) is 28.3. The number of amides is 1. The quantitative estimate of drug-likeness (QED) is 0.201. The van der Waals surface area contributed by atoms with Crippen molar-refractivity contribution in [3.05, 3.63) is 101 Å². The van der Waals surface area contributed by atoms with Gasteiger partial charge in [0.1, 0.15) is 11.6 Å². The van der Waals surface area contributed by atoms with Gasteiger partial charge in [-0.05, 0) is 72.1 Å². The average Bonchev–Trinajstić information content (AvgIpc) is 3.36. The molecule has 0 radical (unpaired) electrons. The molecule has 0 saturated heterocycles. The second-order valence-electron chi connectivity index (χ2n) is 6.91. The van der Waals surface area contributed by atoms with E-state index in [-0.39, 0.29) is 12.5 Å². The first-order chi connectivity index (χ1) is 15.7. The second kappa shape index (κ2) is 10.3. The Hall–Kier alpha value is -4.10. The summed E-state index contributed by atoms with van der Waals surface area (Å²) in [5, 5.41) is 19.2. The van der Waals surface area contributed by atoms with Gasteiger partial charge >= 0.3 is 0 Å². The predicted molar refractivity (Wildman–Crippen MR) is 132 cm³/mol. The Bertz CT molecular complexity index is 1160. The average molecular weight is 443 g/mol. The van der Waals surface area contributed by atoms with Crippen LogP contribution in [-0.2, 0) is 4.79 Å². The van der Waals surface area contributed by atoms with Crippen LogP contribution in [0, 0.1) is 5.41 Å². The van der Waals surface area contributed by atoms with E-state index in [1.165, 1.54) is 11.3 Å². The van der Waals surface area contributed by atoms with E-state index in [0.717, 1.165) is 21.9 Å². The molecule has 0 unspecified atom stereocenters. The SMILES string of the molecule is N=C(Nc1ccc(OCC(=O)Nc2ccc(Nc3ccccc3)cc2)cc1)c1cccs1. The Morgan fingerprint density at radius 1 is 0.750 bits per heavy atom. The van der Waals surface area contributed by atoms with Gasteiger partial charge in [0.05, 0.1) is 4.88 Å². The van der Waals surface area contributed by atoms with Gasteiger partial charge in [-0.3, -0.25) is 10.2 Å². The number of nitrogens with one attached hydrogen (secondary N) is 4. The molecule has 1 aromatic heterocycles. The Labute approximate surface area is 190 Å². The number of benzene rings is 3. The van der Waals surface area contributed by atoms with Gasteiger partial charge in [-0.25, -0.2) is 0 Å². The minimum Gasteiger partial charge on any atom is -0.484 e. The number of ether oxygens (including phenoxy) is 1. The maximum absolute atomic E-state index is 12.2. The van der Waals surface area contributed by atoms with E-state index < -0.39 is 0 Å². The van der Waals surface area contributed by atoms with E-state index >= 15 is 0 Å². The van der Waals surface area contributed by atoms with Crippen LogP contribution in [0.5, 0.6) is 5.75 Å². The Balaban J connectivity index is 1.23. The second-order valence-corrected chi connectivity index (χ2v) is 7.85. The highest BCUT2D eigenvalue weighted by Gasteiger charge is 2.06. The number of hydrogen-bond acceptors (Lipinski definition) is 5. The molecular formula is C25H22N4O2S. The number of hydrogen-bond donors (Lipinski definition) is 4. The number of carbonyl (C=O) groups excluding carboxylic acids is 1. The molecule has 32 heavy (non-hydrogen) atoms. The van der Waals surface area contributed by atoms with Crippen LogP contribution in [0.4, 0.5) is 22.7 Å². The fourth-order valence-corrected chi connectivity index (χ4v) is 3.56. The first kappa shape index (κ1) is 21.1. The van der Waals surface area contributed by atoms with Gasteiger partial charge in [0.2, 0.25) is 0 Å². The molecule has 4 rings (SSSR count). The Morgan fingerprint density at radius 2 is 1.38 bits per heavy atom. The molecule has 6 nitrogen and oxygen atoms in total. The van der Waals surface area contributed by atoms with Crippen molar-refractivity contribution < 1.29 is 9.53 Å². The zero-order valence-corrected chi connectivity index (χ0v) is 18.0. The van der Waals surface area contributed by atoms with Crippen LogP contribution in [0.1, 0.15) is 4.88 Å². The summed E-state index contributed by atoms with van der Waals surface area (Å²) in [6.07, 6.45) is 0. The lowest BCUT2D eigenvalue weighted by atomic mass is 10.2. The summed E-state index contributed by atoms with van der Waals surface area (Å²) in [6.45, 7) is -0.0954. The highest BCUT2D eigenvalue weighted by molar-refractivity contribution is 7.12. The van der Waals surface area contributed by atoms with Gasteiger partial charge in [0, 0.05) is 22.7 Å². The maximum atomic E-state index is 12.2. The van der Waals surface area contributed by atoms with Crippen molar-refractivity contribution >= 4 is 45.8 Å². The summed E-state index contributed by atoms with van der Waals surface area (Å²) < 4.78 is 5.57. The van der Waals surface area contributed by atoms with Gasteiger partial charge in [-0.1, -0.05) is 24.3 Å². The molecule has 1 amide bonds. The molecule has 0 aliphatic rings. The third-order valence-corrected chi connectivity index (χ3v) is 5.38. The lowest BCUT2D eigenvalue weighted by Crippen LogP contribution is -2.20. The van der Waals surface area contributed by atoms with E-state index in [1.807, 2.05) is 84.2 Å². The van der Waals surface area contributed by atoms with Gasteiger partial charge in [-0.2, -0.15) is 0 Å². The highest BCUT2D eigenvalue weighted by Crippen LogP contribution is 2.20. The van der Waals surface area contributed by atoms with Crippen molar-refractivity contribution in [3.8, 4) is 5.75 Å². The Morgan fingerprint density at radius 3 is 2.06 bits per heavy atom. The summed E-state index contributed by atoms with van der Waals surface area (Å²) in [5.74, 6) is 0.684. The summed E-state index contributed by atoms with van der Waals surface area (Å²) in [5.41, 5.74) is 3.42. The van der Waals surface area contributed by atoms with Crippen LogP contribution in [0.2, 0.25) is 0 Å². The molecule has 0 aliphatic carbocycles. The first-order valence-corrected chi connectivity index (χ1v) is 10.9. The van der Waals surface area contributed by atoms with Gasteiger partial charge in [-0.15, -0.1) is 11.3 Å². The van der Waals surface area contributed by atoms with Crippen molar-refractivity contribution in [1.82, 2.24) is 0 Å². The van der Waals surface area contributed by atoms with Crippen molar-refractivity contribution in [2.75, 3.05) is 22.6 Å². The third-order valence-electron chi connectivity index (χ3n) is 4.49. The van der Waals surface area contributed by atoms with E-state index in [2.05, 4.69) is 16.0 Å². The zero-order chi connectivity index (χ0) is 22.2. The summed E-state index contributed by atoms with van der Waals surface area (Å²) in [7, 11) is 0. The topological polar surface area (TPSA) is 86.2 Å². The molecule has 0 aliphatic heterocycles. The van der Waals surface area contributed by atoms with Gasteiger partial charge in [0.15, 0.2) is 6.61 Å². The first-order valence-electron chi connectivity index (χ1n) is 10.00. The minimum atomic E-state index is -0.240. The smallest absolute Gasteiger partial charge is 0.262 e. The molecule has 3 aromatic carbocycles. The van der Waals surface area contributed by atoms with E-state index in [0.29, 0.717) is 17.3 Å². The number of amidine groups is 1. The summed E-state index contributed by atoms with van der Waals surface area (Å²) >= 11 is 1.51. The molecule has 0 spiro atoms. The molecule has 4 aromatic rings. The third kappa shape index (κ3) is 5.96. The van der Waals surface area contributed by atoms with E-state index in [9.17, 15) is 4.79 Å². The zero-order valence-electron chi connectivity index (χ0n) is 17.2. The standard InChI is InChI=1S/C25H22N4O2S/c26-25(23-7-4-16-32-23)29-21-12-14-22(15-13-21)31-17-24(30)28-20-10-8-19(9-11-20)27-18-5-2-1-3-6-18/h1-16,27H,17H2,(H2,26,29)(H,28,30). The summed E-state index contributed by atoms with van der Waals surface area (Å²) in [4.78, 5) is 13.1. The normalized spacial score (nSPS) is 10.2. The number of anilines is 4. The number of thiophene rings is 1. The highest BCUT2D eigenvalue weighted by atomic mass is 32.1. The molecule has 0 saturated carbocycles. The minimum absolute atomic E-state index is 0.0954. The van der Waals surface area contributed by atoms with E-state index in [4.69, 9.17) is 10.1 Å². The molecule has 0 atom stereocenters.